The SMILES string of the molecule is COc1ccc(CCN(CC(=O)O)S(=O)(=O)c2cc(Cl)cc(Cl)c2O)cc1OC. The van der Waals surface area contributed by atoms with Crippen LogP contribution in [0.15, 0.2) is 35.2 Å². The molecule has 2 N–H and O–H groups in total. The minimum Gasteiger partial charge on any atom is -0.505 e. The molecule has 0 heterocycles. The van der Waals surface area contributed by atoms with Gasteiger partial charge in [-0.1, -0.05) is 29.3 Å². The standard InChI is InChI=1S/C18H19Cl2NO7S/c1-27-14-4-3-11(7-15(14)28-2)5-6-21(10-17(22)23)29(25,26)16-9-12(19)8-13(20)18(16)24/h3-4,7-9,24H,5-6,10H2,1-2H3,(H,22,23). The van der Waals surface area contributed by atoms with Crippen LogP contribution in [0.3, 0.4) is 0 Å². The Labute approximate surface area is 178 Å². The number of phenols is 1. The van der Waals surface area contributed by atoms with Crippen molar-refractivity contribution in [2.75, 3.05) is 27.3 Å². The van der Waals surface area contributed by atoms with Crippen LogP contribution < -0.4 is 9.47 Å². The van der Waals surface area contributed by atoms with Gasteiger partial charge in [-0.25, -0.2) is 8.42 Å². The van der Waals surface area contributed by atoms with Gasteiger partial charge in [-0.3, -0.25) is 4.79 Å². The number of aromatic hydroxyl groups is 1. The van der Waals surface area contributed by atoms with Crippen molar-refractivity contribution in [3.8, 4) is 17.2 Å². The molecule has 158 valence electrons. The number of benzene rings is 2. The van der Waals surface area contributed by atoms with Crippen molar-refractivity contribution in [3.05, 3.63) is 45.9 Å². The Hall–Kier alpha value is -2.20. The molecule has 2 aromatic carbocycles. The third kappa shape index (κ3) is 5.45. The molecule has 0 amide bonds. The Bertz CT molecular complexity index is 1010. The van der Waals surface area contributed by atoms with Crippen molar-refractivity contribution in [1.82, 2.24) is 4.31 Å². The van der Waals surface area contributed by atoms with Crippen LogP contribution >= 0.6 is 23.2 Å². The largest absolute Gasteiger partial charge is 0.505 e. The molecule has 0 spiro atoms. The molecule has 0 saturated heterocycles. The van der Waals surface area contributed by atoms with Crippen molar-refractivity contribution in [2.45, 2.75) is 11.3 Å². The van der Waals surface area contributed by atoms with Gasteiger partial charge in [-0.2, -0.15) is 4.31 Å². The topological polar surface area (TPSA) is 113 Å². The van der Waals surface area contributed by atoms with Crippen LogP contribution in [-0.4, -0.2) is 56.2 Å². The third-order valence-electron chi connectivity index (χ3n) is 4.02. The molecule has 29 heavy (non-hydrogen) atoms. The first-order valence-corrected chi connectivity index (χ1v) is 10.4. The Balaban J connectivity index is 2.36. The van der Waals surface area contributed by atoms with Crippen molar-refractivity contribution < 1.29 is 32.9 Å². The molecule has 0 aliphatic rings. The molecular formula is C18H19Cl2NO7S. The second-order valence-corrected chi connectivity index (χ2v) is 8.66. The predicted molar refractivity (Wildman–Crippen MR) is 108 cm³/mol. The van der Waals surface area contributed by atoms with Gasteiger partial charge >= 0.3 is 5.97 Å². The second-order valence-electron chi connectivity index (χ2n) is 5.91. The minimum absolute atomic E-state index is 0.0125. The molecule has 0 saturated carbocycles. The number of halogens is 2. The molecule has 0 aromatic heterocycles. The number of hydrogen-bond acceptors (Lipinski definition) is 6. The number of carboxylic acids is 1. The highest BCUT2D eigenvalue weighted by Gasteiger charge is 2.30. The van der Waals surface area contributed by atoms with E-state index in [0.29, 0.717) is 17.1 Å². The van der Waals surface area contributed by atoms with Crippen LogP contribution in [0.5, 0.6) is 17.2 Å². The molecule has 2 aromatic rings. The van der Waals surface area contributed by atoms with Gasteiger partial charge in [0.25, 0.3) is 0 Å². The summed E-state index contributed by atoms with van der Waals surface area (Å²) in [5.41, 5.74) is 0.696. The Morgan fingerprint density at radius 3 is 2.34 bits per heavy atom. The van der Waals surface area contributed by atoms with Gasteiger partial charge in [0.1, 0.15) is 11.4 Å². The van der Waals surface area contributed by atoms with Gasteiger partial charge in [0, 0.05) is 11.6 Å². The fourth-order valence-electron chi connectivity index (χ4n) is 2.60. The Morgan fingerprint density at radius 2 is 1.76 bits per heavy atom. The smallest absolute Gasteiger partial charge is 0.318 e. The van der Waals surface area contributed by atoms with E-state index >= 15 is 0 Å². The third-order valence-corrected chi connectivity index (χ3v) is 6.39. The van der Waals surface area contributed by atoms with E-state index in [1.54, 1.807) is 18.2 Å². The number of phenolic OH excluding ortho intramolecular Hbond substituents is 1. The van der Waals surface area contributed by atoms with Crippen LogP contribution in [0.2, 0.25) is 10.0 Å². The summed E-state index contributed by atoms with van der Waals surface area (Å²) in [6.45, 7) is -0.979. The maximum absolute atomic E-state index is 13.0. The number of rotatable bonds is 9. The summed E-state index contributed by atoms with van der Waals surface area (Å²) in [4.78, 5) is 10.7. The average molecular weight is 464 g/mol. The molecule has 0 fully saturated rings. The molecule has 0 aliphatic carbocycles. The van der Waals surface area contributed by atoms with Crippen molar-refractivity contribution in [2.24, 2.45) is 0 Å². The lowest BCUT2D eigenvalue weighted by molar-refractivity contribution is -0.137. The number of methoxy groups -OCH3 is 2. The van der Waals surface area contributed by atoms with E-state index in [-0.39, 0.29) is 23.0 Å². The molecule has 0 atom stereocenters. The molecule has 0 unspecified atom stereocenters. The van der Waals surface area contributed by atoms with E-state index in [1.807, 2.05) is 0 Å². The fourth-order valence-corrected chi connectivity index (χ4v) is 4.74. The molecule has 0 bridgehead atoms. The first-order valence-electron chi connectivity index (χ1n) is 8.21. The lowest BCUT2D eigenvalue weighted by atomic mass is 10.1. The lowest BCUT2D eigenvalue weighted by Gasteiger charge is -2.21. The summed E-state index contributed by atoms with van der Waals surface area (Å²) in [5, 5.41) is 19.0. The molecule has 2 rings (SSSR count). The van der Waals surface area contributed by atoms with Crippen LogP contribution in [0.25, 0.3) is 0 Å². The number of carboxylic acid groups (broad SMARTS) is 1. The highest BCUT2D eigenvalue weighted by molar-refractivity contribution is 7.89. The highest BCUT2D eigenvalue weighted by Crippen LogP contribution is 2.36. The van der Waals surface area contributed by atoms with Gasteiger partial charge in [-0.15, -0.1) is 0 Å². The summed E-state index contributed by atoms with van der Waals surface area (Å²) in [7, 11) is -1.44. The predicted octanol–water partition coefficient (Wildman–Crippen LogP) is 3.03. The van der Waals surface area contributed by atoms with E-state index in [4.69, 9.17) is 37.8 Å². The summed E-state index contributed by atoms with van der Waals surface area (Å²) >= 11 is 11.7. The van der Waals surface area contributed by atoms with Gasteiger partial charge in [0.05, 0.1) is 19.2 Å². The number of nitrogens with zero attached hydrogens (tertiary/aromatic N) is 1. The molecule has 0 aliphatic heterocycles. The Morgan fingerprint density at radius 1 is 1.10 bits per heavy atom. The highest BCUT2D eigenvalue weighted by atomic mass is 35.5. The monoisotopic (exact) mass is 463 g/mol. The normalized spacial score (nSPS) is 11.5. The van der Waals surface area contributed by atoms with E-state index in [9.17, 15) is 18.3 Å². The van der Waals surface area contributed by atoms with Crippen molar-refractivity contribution >= 4 is 39.2 Å². The van der Waals surface area contributed by atoms with Crippen molar-refractivity contribution in [1.29, 1.82) is 0 Å². The summed E-state index contributed by atoms with van der Waals surface area (Å²) in [6, 6.07) is 7.23. The number of ether oxygens (including phenoxy) is 2. The van der Waals surface area contributed by atoms with Gasteiger partial charge < -0.3 is 19.7 Å². The van der Waals surface area contributed by atoms with Crippen molar-refractivity contribution in [3.63, 3.8) is 0 Å². The Kier molecular flexibility index (Phi) is 7.59. The minimum atomic E-state index is -4.39. The summed E-state index contributed by atoms with van der Waals surface area (Å²) in [5.74, 6) is -1.09. The lowest BCUT2D eigenvalue weighted by Crippen LogP contribution is -2.37. The second kappa shape index (κ2) is 9.53. The zero-order valence-corrected chi connectivity index (χ0v) is 17.9. The molecule has 0 radical (unpaired) electrons. The number of aliphatic carboxylic acids is 1. The summed E-state index contributed by atoms with van der Waals surface area (Å²) < 4.78 is 37.1. The molecular weight excluding hydrogens is 445 g/mol. The first-order chi connectivity index (χ1) is 13.6. The number of hydrogen-bond donors (Lipinski definition) is 2. The fraction of sp³-hybridized carbons (Fsp3) is 0.278. The van der Waals surface area contributed by atoms with Gasteiger partial charge in [-0.05, 0) is 36.2 Å². The maximum atomic E-state index is 13.0. The van der Waals surface area contributed by atoms with Crippen LogP contribution in [0.4, 0.5) is 0 Å². The van der Waals surface area contributed by atoms with Crippen LogP contribution in [0.1, 0.15) is 5.56 Å². The van der Waals surface area contributed by atoms with Crippen LogP contribution in [0, 0.1) is 0 Å². The number of carbonyl (C=O) groups is 1. The van der Waals surface area contributed by atoms with Gasteiger partial charge in [0.2, 0.25) is 10.0 Å². The van der Waals surface area contributed by atoms with E-state index in [2.05, 4.69) is 0 Å². The quantitative estimate of drug-likeness (QED) is 0.587. The number of sulfonamides is 1. The van der Waals surface area contributed by atoms with E-state index in [1.165, 1.54) is 20.3 Å². The zero-order valence-electron chi connectivity index (χ0n) is 15.6. The summed E-state index contributed by atoms with van der Waals surface area (Å²) in [6.07, 6.45) is 0.182. The zero-order chi connectivity index (χ0) is 21.8. The van der Waals surface area contributed by atoms with E-state index in [0.717, 1.165) is 10.4 Å². The van der Waals surface area contributed by atoms with Gasteiger partial charge in [0.15, 0.2) is 17.2 Å². The van der Waals surface area contributed by atoms with Crippen LogP contribution in [-0.2, 0) is 21.2 Å². The first kappa shape index (κ1) is 23.1. The maximum Gasteiger partial charge on any atom is 0.318 e. The van der Waals surface area contributed by atoms with E-state index < -0.39 is 33.2 Å². The molecule has 8 nitrogen and oxygen atoms in total. The molecule has 11 heteroatoms. The average Bonchev–Trinajstić information content (AvgIpc) is 2.67.